The lowest BCUT2D eigenvalue weighted by molar-refractivity contribution is 0.160. The molecule has 0 aromatic carbocycles. The van der Waals surface area contributed by atoms with Crippen molar-refractivity contribution in [2.45, 2.75) is 138 Å². The molecule has 3 unspecified atom stereocenters. The molecule has 28 heavy (non-hydrogen) atoms. The Morgan fingerprint density at radius 1 is 0.607 bits per heavy atom. The zero-order valence-electron chi connectivity index (χ0n) is 21.8. The minimum absolute atomic E-state index is 0.469. The van der Waals surface area contributed by atoms with Crippen molar-refractivity contribution in [3.05, 3.63) is 0 Å². The molecule has 6 heteroatoms. The average Bonchev–Trinajstić information content (AvgIpc) is 2.58. The topological polar surface area (TPSA) is 27.7 Å². The molecule has 0 aromatic rings. The van der Waals surface area contributed by atoms with Crippen LogP contribution in [0.5, 0.6) is 0 Å². The first-order valence-electron chi connectivity index (χ1n) is 11.9. The fraction of sp³-hybridized carbons (Fsp3) is 1.00. The monoisotopic (exact) mass is 452 g/mol. The van der Waals surface area contributed by atoms with Gasteiger partial charge in [-0.2, -0.15) is 0 Å². The van der Waals surface area contributed by atoms with Crippen molar-refractivity contribution in [1.29, 1.82) is 0 Å². The van der Waals surface area contributed by atoms with Crippen molar-refractivity contribution in [2.75, 3.05) is 0 Å². The molecule has 0 bridgehead atoms. The van der Waals surface area contributed by atoms with Crippen LogP contribution in [-0.2, 0) is 13.3 Å². The van der Waals surface area contributed by atoms with Gasteiger partial charge in [0.25, 0.3) is 0 Å². The van der Waals surface area contributed by atoms with Gasteiger partial charge in [0.1, 0.15) is 0 Å². The highest BCUT2D eigenvalue weighted by atomic mass is 28.3. The Hall–Kier alpha value is 0.531. The molecule has 0 aliphatic carbocycles. The van der Waals surface area contributed by atoms with Crippen molar-refractivity contribution < 1.29 is 13.3 Å². The third-order valence-electron chi connectivity index (χ3n) is 4.51. The molecule has 174 valence electrons. The molecule has 0 fully saturated rings. The lowest BCUT2D eigenvalue weighted by Gasteiger charge is -2.21. The third-order valence-corrected chi connectivity index (χ3v) is 7.42. The minimum Gasteiger partial charge on any atom is -0.418 e. The maximum atomic E-state index is 5.74. The second kappa shape index (κ2) is 22.2. The Bertz CT molecular complexity index is 299. The van der Waals surface area contributed by atoms with Gasteiger partial charge in [0.15, 0.2) is 27.1 Å². The van der Waals surface area contributed by atoms with E-state index < -0.39 is 27.1 Å². The van der Waals surface area contributed by atoms with Crippen LogP contribution >= 0.6 is 0 Å². The second-order valence-electron chi connectivity index (χ2n) is 8.68. The Labute approximate surface area is 184 Å². The highest BCUT2D eigenvalue weighted by Gasteiger charge is 2.11. The van der Waals surface area contributed by atoms with Crippen LogP contribution in [0.1, 0.15) is 80.6 Å². The third kappa shape index (κ3) is 26.5. The summed E-state index contributed by atoms with van der Waals surface area (Å²) in [6.45, 7) is 28.7. The predicted molar refractivity (Wildman–Crippen MR) is 138 cm³/mol. The van der Waals surface area contributed by atoms with E-state index in [1.807, 2.05) is 0 Å². The predicted octanol–water partition coefficient (Wildman–Crippen LogP) is 6.77. The summed E-state index contributed by atoms with van der Waals surface area (Å²) < 4.78 is 17.1. The summed E-state index contributed by atoms with van der Waals surface area (Å²) in [6, 6.07) is 0. The van der Waals surface area contributed by atoms with E-state index in [2.05, 4.69) is 87.7 Å². The van der Waals surface area contributed by atoms with E-state index in [1.54, 1.807) is 0 Å². The van der Waals surface area contributed by atoms with Crippen LogP contribution in [0.4, 0.5) is 0 Å². The lowest BCUT2D eigenvalue weighted by Crippen LogP contribution is -2.23. The van der Waals surface area contributed by atoms with Gasteiger partial charge in [-0.15, -0.1) is 0 Å². The molecule has 0 saturated heterocycles. The quantitative estimate of drug-likeness (QED) is 0.306. The summed E-state index contributed by atoms with van der Waals surface area (Å²) in [5, 5.41) is 0. The molecular formula is C22H56O3Si3. The smallest absolute Gasteiger partial charge is 0.171 e. The van der Waals surface area contributed by atoms with Gasteiger partial charge in [0.2, 0.25) is 0 Å². The lowest BCUT2D eigenvalue weighted by atomic mass is 10.0. The normalized spacial score (nSPS) is 14.5. The zero-order valence-corrected chi connectivity index (χ0v) is 25.3. The van der Waals surface area contributed by atoms with Crippen LogP contribution in [0.25, 0.3) is 0 Å². The molecule has 0 aliphatic heterocycles. The van der Waals surface area contributed by atoms with Crippen molar-refractivity contribution in [1.82, 2.24) is 0 Å². The van der Waals surface area contributed by atoms with E-state index >= 15 is 0 Å². The van der Waals surface area contributed by atoms with Gasteiger partial charge >= 0.3 is 0 Å². The van der Waals surface area contributed by atoms with Gasteiger partial charge in [0.05, 0.1) is 0 Å². The van der Waals surface area contributed by atoms with Gasteiger partial charge in [-0.3, -0.25) is 0 Å². The van der Waals surface area contributed by atoms with Gasteiger partial charge in [0, 0.05) is 18.3 Å². The summed E-state index contributed by atoms with van der Waals surface area (Å²) in [7, 11) is -2.32. The second-order valence-corrected chi connectivity index (χ2v) is 15.8. The number of hydrogen-bond donors (Lipinski definition) is 0. The van der Waals surface area contributed by atoms with Gasteiger partial charge in [-0.25, -0.2) is 0 Å². The fourth-order valence-corrected chi connectivity index (χ4v) is 6.05. The van der Waals surface area contributed by atoms with Gasteiger partial charge < -0.3 is 13.3 Å². The summed E-state index contributed by atoms with van der Waals surface area (Å²) in [5.41, 5.74) is 0. The summed E-state index contributed by atoms with van der Waals surface area (Å²) >= 11 is 0. The Morgan fingerprint density at radius 2 is 1.04 bits per heavy atom. The largest absolute Gasteiger partial charge is 0.418 e. The number of rotatable bonds is 12. The van der Waals surface area contributed by atoms with Crippen LogP contribution in [-0.4, -0.2) is 45.4 Å². The van der Waals surface area contributed by atoms with Crippen molar-refractivity contribution in [2.24, 2.45) is 5.92 Å². The maximum absolute atomic E-state index is 5.74. The Balaban J connectivity index is -0.000000336. The minimum atomic E-state index is -0.798. The summed E-state index contributed by atoms with van der Waals surface area (Å²) in [6.07, 6.45) is 7.52. The zero-order chi connectivity index (χ0) is 22.7. The van der Waals surface area contributed by atoms with Gasteiger partial charge in [-0.05, 0) is 78.3 Å². The van der Waals surface area contributed by atoms with E-state index in [9.17, 15) is 0 Å². The molecular weight excluding hydrogens is 396 g/mol. The molecule has 0 heterocycles. The summed E-state index contributed by atoms with van der Waals surface area (Å²) in [5.74, 6) is 0.717. The maximum Gasteiger partial charge on any atom is 0.171 e. The van der Waals surface area contributed by atoms with Crippen LogP contribution in [0, 0.1) is 5.92 Å². The van der Waals surface area contributed by atoms with Crippen molar-refractivity contribution in [3.63, 3.8) is 0 Å². The van der Waals surface area contributed by atoms with E-state index in [0.717, 1.165) is 5.92 Å². The van der Waals surface area contributed by atoms with E-state index in [0.29, 0.717) is 18.3 Å². The van der Waals surface area contributed by atoms with Crippen LogP contribution in [0.15, 0.2) is 0 Å². The fourth-order valence-electron chi connectivity index (χ4n) is 2.70. The van der Waals surface area contributed by atoms with E-state index in [4.69, 9.17) is 13.3 Å². The molecule has 0 aliphatic rings. The Kier molecular flexibility index (Phi) is 26.3. The molecule has 0 N–H and O–H groups in total. The van der Waals surface area contributed by atoms with Crippen LogP contribution in [0.2, 0.25) is 39.3 Å². The molecule has 3 nitrogen and oxygen atoms in total. The first-order valence-corrected chi connectivity index (χ1v) is 20.2. The highest BCUT2D eigenvalue weighted by molar-refractivity contribution is 6.49. The van der Waals surface area contributed by atoms with Gasteiger partial charge in [-0.1, -0.05) is 47.5 Å². The molecule has 0 aromatic heterocycles. The highest BCUT2D eigenvalue weighted by Crippen LogP contribution is 2.11. The van der Waals surface area contributed by atoms with Crippen LogP contribution in [0.3, 0.4) is 0 Å². The molecule has 0 spiro atoms. The summed E-state index contributed by atoms with van der Waals surface area (Å²) in [4.78, 5) is 0. The molecule has 0 saturated carbocycles. The molecule has 0 rings (SSSR count). The van der Waals surface area contributed by atoms with Crippen molar-refractivity contribution in [3.8, 4) is 0 Å². The standard InChI is InChI=1S/C8H20OSi.2C7H18OSi/c1-6-7(2)8(3)9-10(4)5;1-5-6-7(2)8-9(3)4;1-5-7(6-2)8-9(3)4/h7-8,10H,6H2,1-5H3;2*7,9H,5-6H2,1-4H3. The van der Waals surface area contributed by atoms with Crippen LogP contribution < -0.4 is 0 Å². The molecule has 3 atom stereocenters. The molecule has 0 amide bonds. The number of hydrogen-bond acceptors (Lipinski definition) is 3. The van der Waals surface area contributed by atoms with Crippen molar-refractivity contribution >= 4 is 27.1 Å². The van der Waals surface area contributed by atoms with E-state index in [-0.39, 0.29) is 0 Å². The van der Waals surface area contributed by atoms with E-state index in [1.165, 1.54) is 32.1 Å². The molecule has 0 radical (unpaired) electrons. The first kappa shape index (κ1) is 33.2. The Morgan fingerprint density at radius 3 is 1.29 bits per heavy atom. The first-order chi connectivity index (χ1) is 12.9. The average molecular weight is 453 g/mol. The SMILES string of the molecule is CCC(C)C(C)O[SiH](C)C.CCC(CC)O[SiH](C)C.CCCC(C)O[SiH](C)C.